The van der Waals surface area contributed by atoms with Crippen molar-refractivity contribution in [2.75, 3.05) is 23.5 Å². The summed E-state index contributed by atoms with van der Waals surface area (Å²) < 4.78 is 28.6. The van der Waals surface area contributed by atoms with Gasteiger partial charge in [-0.05, 0) is 24.4 Å². The van der Waals surface area contributed by atoms with E-state index in [4.69, 9.17) is 17.0 Å². The lowest BCUT2D eigenvalue weighted by Crippen LogP contribution is -2.36. The topological polar surface area (TPSA) is 58.6 Å². The molecule has 1 aromatic rings. The Morgan fingerprint density at radius 2 is 2.21 bits per heavy atom. The fraction of sp³-hybridized carbons (Fsp3) is 0.417. The summed E-state index contributed by atoms with van der Waals surface area (Å²) in [6, 6.07) is 7.26. The molecule has 0 radical (unpaired) electrons. The van der Waals surface area contributed by atoms with Crippen LogP contribution in [0.5, 0.6) is 5.75 Å². The summed E-state index contributed by atoms with van der Waals surface area (Å²) in [6.45, 7) is 0. The molecule has 2 heterocycles. The van der Waals surface area contributed by atoms with Gasteiger partial charge >= 0.3 is 0 Å². The van der Waals surface area contributed by atoms with E-state index >= 15 is 0 Å². The summed E-state index contributed by atoms with van der Waals surface area (Å²) in [6.07, 6.45) is 0. The number of ether oxygens (including phenoxy) is 1. The van der Waals surface area contributed by atoms with Gasteiger partial charge in [0.1, 0.15) is 5.75 Å². The van der Waals surface area contributed by atoms with Crippen LogP contribution >= 0.6 is 12.2 Å². The maximum Gasteiger partial charge on any atom is 0.174 e. The molecule has 1 N–H and O–H groups in total. The third kappa shape index (κ3) is 2.17. The first-order valence-electron chi connectivity index (χ1n) is 5.94. The Balaban J connectivity index is 1.97. The Kier molecular flexibility index (Phi) is 2.90. The number of thiocarbonyl (C=S) groups is 1. The van der Waals surface area contributed by atoms with Crippen LogP contribution in [0.1, 0.15) is 0 Å². The molecule has 0 unspecified atom stereocenters. The van der Waals surface area contributed by atoms with Crippen LogP contribution in [0.3, 0.4) is 0 Å². The summed E-state index contributed by atoms with van der Waals surface area (Å²) in [7, 11) is -1.38. The van der Waals surface area contributed by atoms with Crippen molar-refractivity contribution in [2.24, 2.45) is 0 Å². The van der Waals surface area contributed by atoms with Gasteiger partial charge in [-0.25, -0.2) is 8.42 Å². The smallest absolute Gasteiger partial charge is 0.174 e. The highest BCUT2D eigenvalue weighted by molar-refractivity contribution is 7.91. The van der Waals surface area contributed by atoms with Crippen molar-refractivity contribution in [3.05, 3.63) is 24.3 Å². The number of sulfone groups is 1. The molecule has 2 saturated heterocycles. The second-order valence-electron chi connectivity index (χ2n) is 4.77. The van der Waals surface area contributed by atoms with E-state index in [1.54, 1.807) is 7.11 Å². The van der Waals surface area contributed by atoms with Crippen molar-refractivity contribution in [1.82, 2.24) is 5.32 Å². The molecule has 0 saturated carbocycles. The maximum absolute atomic E-state index is 11.7. The lowest BCUT2D eigenvalue weighted by Gasteiger charge is -2.23. The molecule has 0 amide bonds. The van der Waals surface area contributed by atoms with E-state index in [-0.39, 0.29) is 23.6 Å². The second kappa shape index (κ2) is 4.35. The highest BCUT2D eigenvalue weighted by Crippen LogP contribution is 2.31. The standard InChI is InChI=1S/C12H14N2O3S2/c1-17-9-4-2-3-8(5-9)14-11-7-19(15,16)6-10(11)13-12(14)18/h2-5,10-11H,6-7H2,1H3,(H,13,18)/t10-,11-/m1/s1. The van der Waals surface area contributed by atoms with Crippen molar-refractivity contribution in [3.8, 4) is 5.75 Å². The van der Waals surface area contributed by atoms with Crippen LogP contribution in [0.2, 0.25) is 0 Å². The largest absolute Gasteiger partial charge is 0.497 e. The highest BCUT2D eigenvalue weighted by Gasteiger charge is 2.47. The third-order valence-corrected chi connectivity index (χ3v) is 5.54. The molecule has 7 heteroatoms. The number of nitrogens with zero attached hydrogens (tertiary/aromatic N) is 1. The van der Waals surface area contributed by atoms with Gasteiger partial charge in [0.2, 0.25) is 0 Å². The first-order chi connectivity index (χ1) is 9.00. The lowest BCUT2D eigenvalue weighted by molar-refractivity contribution is 0.415. The summed E-state index contributed by atoms with van der Waals surface area (Å²) in [4.78, 5) is 1.88. The predicted molar refractivity (Wildman–Crippen MR) is 77.4 cm³/mol. The zero-order valence-corrected chi connectivity index (χ0v) is 12.0. The number of nitrogens with one attached hydrogen (secondary N) is 1. The Morgan fingerprint density at radius 1 is 1.42 bits per heavy atom. The molecule has 2 aliphatic rings. The molecule has 102 valence electrons. The number of hydrogen-bond acceptors (Lipinski definition) is 4. The van der Waals surface area contributed by atoms with Gasteiger partial charge in [-0.1, -0.05) is 6.07 Å². The van der Waals surface area contributed by atoms with E-state index in [1.165, 1.54) is 0 Å². The molecule has 0 aliphatic carbocycles. The van der Waals surface area contributed by atoms with Crippen LogP contribution in [0.4, 0.5) is 5.69 Å². The minimum absolute atomic E-state index is 0.108. The number of hydrogen-bond donors (Lipinski definition) is 1. The van der Waals surface area contributed by atoms with E-state index in [0.717, 1.165) is 11.4 Å². The third-order valence-electron chi connectivity index (χ3n) is 3.51. The normalized spacial score (nSPS) is 28.1. The first kappa shape index (κ1) is 12.7. The first-order valence-corrected chi connectivity index (χ1v) is 8.17. The minimum Gasteiger partial charge on any atom is -0.497 e. The predicted octanol–water partition coefficient (Wildman–Crippen LogP) is 0.555. The maximum atomic E-state index is 11.7. The molecule has 2 fully saturated rings. The van der Waals surface area contributed by atoms with Gasteiger partial charge in [-0.3, -0.25) is 0 Å². The highest BCUT2D eigenvalue weighted by atomic mass is 32.2. The second-order valence-corrected chi connectivity index (χ2v) is 7.31. The van der Waals surface area contributed by atoms with E-state index in [9.17, 15) is 8.42 Å². The van der Waals surface area contributed by atoms with Gasteiger partial charge in [0.05, 0.1) is 30.7 Å². The summed E-state index contributed by atoms with van der Waals surface area (Å²) in [5.41, 5.74) is 0.862. The quantitative estimate of drug-likeness (QED) is 0.805. The van der Waals surface area contributed by atoms with Gasteiger partial charge in [0.25, 0.3) is 0 Å². The van der Waals surface area contributed by atoms with Crippen LogP contribution in [0.25, 0.3) is 0 Å². The van der Waals surface area contributed by atoms with Crippen LogP contribution in [-0.4, -0.2) is 44.2 Å². The van der Waals surface area contributed by atoms with Crippen LogP contribution in [0, 0.1) is 0 Å². The molecule has 19 heavy (non-hydrogen) atoms. The minimum atomic E-state index is -2.98. The molecular weight excluding hydrogens is 284 g/mol. The summed E-state index contributed by atoms with van der Waals surface area (Å²) in [5, 5.41) is 3.68. The fourth-order valence-corrected chi connectivity index (χ4v) is 4.95. The summed E-state index contributed by atoms with van der Waals surface area (Å²) >= 11 is 5.31. The van der Waals surface area contributed by atoms with Crippen LogP contribution in [0.15, 0.2) is 24.3 Å². The van der Waals surface area contributed by atoms with Crippen molar-refractivity contribution >= 4 is 32.9 Å². The Bertz CT molecular complexity index is 630. The average molecular weight is 298 g/mol. The number of methoxy groups -OCH3 is 1. The van der Waals surface area contributed by atoms with E-state index < -0.39 is 9.84 Å². The molecule has 2 aliphatic heterocycles. The molecule has 5 nitrogen and oxygen atoms in total. The monoisotopic (exact) mass is 298 g/mol. The van der Waals surface area contributed by atoms with Crippen LogP contribution in [-0.2, 0) is 9.84 Å². The molecule has 0 bridgehead atoms. The van der Waals surface area contributed by atoms with Crippen molar-refractivity contribution in [3.63, 3.8) is 0 Å². The van der Waals surface area contributed by atoms with Crippen molar-refractivity contribution < 1.29 is 13.2 Å². The molecule has 2 atom stereocenters. The fourth-order valence-electron chi connectivity index (χ4n) is 2.67. The average Bonchev–Trinajstić information content (AvgIpc) is 2.79. The number of fused-ring (bicyclic) bond motifs is 1. The lowest BCUT2D eigenvalue weighted by atomic mass is 10.1. The van der Waals surface area contributed by atoms with E-state index in [0.29, 0.717) is 5.11 Å². The zero-order valence-electron chi connectivity index (χ0n) is 10.4. The van der Waals surface area contributed by atoms with Gasteiger partial charge in [-0.2, -0.15) is 0 Å². The number of rotatable bonds is 2. The van der Waals surface area contributed by atoms with E-state index in [2.05, 4.69) is 5.32 Å². The van der Waals surface area contributed by atoms with Crippen molar-refractivity contribution in [2.45, 2.75) is 12.1 Å². The summed E-state index contributed by atoms with van der Waals surface area (Å²) in [5.74, 6) is 1.02. The zero-order chi connectivity index (χ0) is 13.6. The Hall–Kier alpha value is -1.34. The molecule has 3 rings (SSSR count). The van der Waals surface area contributed by atoms with Gasteiger partial charge in [0, 0.05) is 11.8 Å². The molecular formula is C12H14N2O3S2. The number of anilines is 1. The van der Waals surface area contributed by atoms with Gasteiger partial charge in [0.15, 0.2) is 14.9 Å². The SMILES string of the molecule is COc1cccc(N2C(=S)N[C@@H]3CS(=O)(=O)C[C@H]32)c1. The van der Waals surface area contributed by atoms with E-state index in [1.807, 2.05) is 29.2 Å². The van der Waals surface area contributed by atoms with Crippen LogP contribution < -0.4 is 15.0 Å². The van der Waals surface area contributed by atoms with Crippen molar-refractivity contribution in [1.29, 1.82) is 0 Å². The number of benzene rings is 1. The van der Waals surface area contributed by atoms with Gasteiger partial charge in [-0.15, -0.1) is 0 Å². The Morgan fingerprint density at radius 3 is 2.95 bits per heavy atom. The molecule has 0 spiro atoms. The Labute approximate surface area is 117 Å². The van der Waals surface area contributed by atoms with Gasteiger partial charge < -0.3 is 15.0 Å². The molecule has 1 aromatic carbocycles. The molecule has 0 aromatic heterocycles.